The second-order valence-electron chi connectivity index (χ2n) is 6.30. The maximum absolute atomic E-state index is 12.4. The monoisotopic (exact) mass is 283 g/mol. The van der Waals surface area contributed by atoms with E-state index in [2.05, 4.69) is 31.0 Å². The van der Waals surface area contributed by atoms with E-state index in [4.69, 9.17) is 5.73 Å². The zero-order valence-electron chi connectivity index (χ0n) is 13.6. The smallest absolute Gasteiger partial charge is 0.227 e. The average Bonchev–Trinajstić information content (AvgIpc) is 2.48. The van der Waals surface area contributed by atoms with E-state index in [0.29, 0.717) is 6.54 Å². The molecule has 1 amide bonds. The maximum atomic E-state index is 12.4. The van der Waals surface area contributed by atoms with Crippen LogP contribution in [0.4, 0.5) is 0 Å². The van der Waals surface area contributed by atoms with Gasteiger partial charge >= 0.3 is 0 Å². The lowest BCUT2D eigenvalue weighted by Crippen LogP contribution is -2.48. The first-order valence-electron chi connectivity index (χ1n) is 8.28. The third kappa shape index (κ3) is 4.74. The van der Waals surface area contributed by atoms with Crippen molar-refractivity contribution < 1.29 is 4.79 Å². The number of nitrogens with one attached hydrogen (secondary N) is 1. The minimum atomic E-state index is -0.290. The molecule has 0 atom stereocenters. The van der Waals surface area contributed by atoms with Crippen LogP contribution in [0.5, 0.6) is 0 Å². The third-order valence-electron chi connectivity index (χ3n) is 4.93. The first-order chi connectivity index (χ1) is 9.57. The molecule has 1 rings (SSSR count). The topological polar surface area (TPSA) is 58.4 Å². The van der Waals surface area contributed by atoms with Crippen molar-refractivity contribution in [2.75, 3.05) is 32.7 Å². The largest absolute Gasteiger partial charge is 0.356 e. The highest BCUT2D eigenvalue weighted by molar-refractivity contribution is 5.83. The van der Waals surface area contributed by atoms with Crippen molar-refractivity contribution in [3.05, 3.63) is 0 Å². The van der Waals surface area contributed by atoms with Crippen LogP contribution in [0.3, 0.4) is 0 Å². The van der Waals surface area contributed by atoms with Crippen LogP contribution in [0.15, 0.2) is 0 Å². The van der Waals surface area contributed by atoms with Crippen molar-refractivity contribution in [2.24, 2.45) is 17.1 Å². The van der Waals surface area contributed by atoms with Crippen molar-refractivity contribution >= 4 is 5.91 Å². The number of carbonyl (C=O) groups is 1. The average molecular weight is 283 g/mol. The van der Waals surface area contributed by atoms with Crippen LogP contribution in [0.2, 0.25) is 0 Å². The summed E-state index contributed by atoms with van der Waals surface area (Å²) < 4.78 is 0. The Morgan fingerprint density at radius 3 is 2.40 bits per heavy atom. The molecule has 1 saturated carbocycles. The van der Waals surface area contributed by atoms with Gasteiger partial charge in [-0.25, -0.2) is 0 Å². The molecule has 0 bridgehead atoms. The van der Waals surface area contributed by atoms with Gasteiger partial charge in [0.25, 0.3) is 0 Å². The van der Waals surface area contributed by atoms with E-state index >= 15 is 0 Å². The molecule has 0 saturated heterocycles. The molecule has 20 heavy (non-hydrogen) atoms. The van der Waals surface area contributed by atoms with Gasteiger partial charge in [-0.2, -0.15) is 0 Å². The number of nitrogens with two attached hydrogens (primary N) is 1. The van der Waals surface area contributed by atoms with Gasteiger partial charge < -0.3 is 16.0 Å². The molecule has 1 fully saturated rings. The normalized spacial score (nSPS) is 26.8. The second kappa shape index (κ2) is 8.63. The lowest BCUT2D eigenvalue weighted by molar-refractivity contribution is -0.132. The quantitative estimate of drug-likeness (QED) is 0.670. The standard InChI is InChI=1S/C16H33N3O/c1-4-19(5-2)12-6-11-18-15(20)16(13-17)9-7-14(3)8-10-16/h14H,4-13,17H2,1-3H3,(H,18,20). The predicted molar refractivity (Wildman–Crippen MR) is 84.5 cm³/mol. The van der Waals surface area contributed by atoms with Crippen LogP contribution in [-0.2, 0) is 4.79 Å². The lowest BCUT2D eigenvalue weighted by atomic mass is 9.70. The van der Waals surface area contributed by atoms with Gasteiger partial charge in [0.05, 0.1) is 5.41 Å². The molecule has 0 aromatic carbocycles. The Labute approximate surface area is 124 Å². The number of hydrogen-bond donors (Lipinski definition) is 2. The van der Waals surface area contributed by atoms with Gasteiger partial charge in [-0.1, -0.05) is 20.8 Å². The van der Waals surface area contributed by atoms with E-state index in [1.807, 2.05) is 0 Å². The van der Waals surface area contributed by atoms with Crippen molar-refractivity contribution in [1.29, 1.82) is 0 Å². The molecule has 118 valence electrons. The SMILES string of the molecule is CCN(CC)CCCNC(=O)C1(CN)CCC(C)CC1. The summed E-state index contributed by atoms with van der Waals surface area (Å²) in [6, 6.07) is 0. The molecule has 0 aromatic heterocycles. The molecule has 1 aliphatic rings. The number of rotatable bonds is 8. The number of carbonyl (C=O) groups excluding carboxylic acids is 1. The summed E-state index contributed by atoms with van der Waals surface area (Å²) in [4.78, 5) is 14.8. The zero-order valence-corrected chi connectivity index (χ0v) is 13.6. The third-order valence-corrected chi connectivity index (χ3v) is 4.93. The summed E-state index contributed by atoms with van der Waals surface area (Å²) in [5.74, 6) is 0.927. The molecular weight excluding hydrogens is 250 g/mol. The van der Waals surface area contributed by atoms with Crippen LogP contribution < -0.4 is 11.1 Å². The molecule has 0 radical (unpaired) electrons. The molecule has 0 aliphatic heterocycles. The van der Waals surface area contributed by atoms with Gasteiger partial charge in [0.1, 0.15) is 0 Å². The molecule has 3 N–H and O–H groups in total. The van der Waals surface area contributed by atoms with Gasteiger partial charge in [0.15, 0.2) is 0 Å². The molecule has 0 unspecified atom stereocenters. The van der Waals surface area contributed by atoms with Crippen molar-refractivity contribution in [3.8, 4) is 0 Å². The Hall–Kier alpha value is -0.610. The highest BCUT2D eigenvalue weighted by Crippen LogP contribution is 2.38. The fourth-order valence-electron chi connectivity index (χ4n) is 3.07. The summed E-state index contributed by atoms with van der Waals surface area (Å²) in [5.41, 5.74) is 5.62. The van der Waals surface area contributed by atoms with Gasteiger partial charge in [0, 0.05) is 13.1 Å². The van der Waals surface area contributed by atoms with Gasteiger partial charge in [-0.15, -0.1) is 0 Å². The number of hydrogen-bond acceptors (Lipinski definition) is 3. The van der Waals surface area contributed by atoms with E-state index in [-0.39, 0.29) is 11.3 Å². The van der Waals surface area contributed by atoms with Crippen LogP contribution in [0.25, 0.3) is 0 Å². The molecule has 0 heterocycles. The molecule has 4 heteroatoms. The summed E-state index contributed by atoms with van der Waals surface area (Å²) >= 11 is 0. The van der Waals surface area contributed by atoms with Gasteiger partial charge in [0.2, 0.25) is 5.91 Å². The Kier molecular flexibility index (Phi) is 7.52. The minimum absolute atomic E-state index is 0.187. The van der Waals surface area contributed by atoms with Crippen LogP contribution in [0.1, 0.15) is 52.9 Å². The van der Waals surface area contributed by atoms with Crippen LogP contribution in [0, 0.1) is 11.3 Å². The van der Waals surface area contributed by atoms with Gasteiger partial charge in [-0.05, 0) is 57.7 Å². The highest BCUT2D eigenvalue weighted by Gasteiger charge is 2.39. The lowest BCUT2D eigenvalue weighted by Gasteiger charge is -2.37. The molecule has 1 aliphatic carbocycles. The summed E-state index contributed by atoms with van der Waals surface area (Å²) in [7, 11) is 0. The highest BCUT2D eigenvalue weighted by atomic mass is 16.2. The summed E-state index contributed by atoms with van der Waals surface area (Å²) in [6.45, 7) is 11.1. The first kappa shape index (κ1) is 17.4. The molecule has 0 aromatic rings. The van der Waals surface area contributed by atoms with E-state index in [9.17, 15) is 4.79 Å². The predicted octanol–water partition coefficient (Wildman–Crippen LogP) is 1.99. The summed E-state index contributed by atoms with van der Waals surface area (Å²) in [6.07, 6.45) is 5.18. The molecule has 4 nitrogen and oxygen atoms in total. The Morgan fingerprint density at radius 2 is 1.90 bits per heavy atom. The van der Waals surface area contributed by atoms with E-state index in [0.717, 1.165) is 64.2 Å². The van der Waals surface area contributed by atoms with Crippen LogP contribution in [-0.4, -0.2) is 43.5 Å². The number of nitrogens with zero attached hydrogens (tertiary/aromatic N) is 1. The Morgan fingerprint density at radius 1 is 1.30 bits per heavy atom. The Balaban J connectivity index is 2.33. The van der Waals surface area contributed by atoms with E-state index < -0.39 is 0 Å². The molecular formula is C16H33N3O. The molecule has 0 spiro atoms. The number of amides is 1. The summed E-state index contributed by atoms with van der Waals surface area (Å²) in [5, 5.41) is 3.12. The van der Waals surface area contributed by atoms with E-state index in [1.54, 1.807) is 0 Å². The van der Waals surface area contributed by atoms with E-state index in [1.165, 1.54) is 0 Å². The van der Waals surface area contributed by atoms with Crippen molar-refractivity contribution in [3.63, 3.8) is 0 Å². The van der Waals surface area contributed by atoms with Crippen molar-refractivity contribution in [2.45, 2.75) is 52.9 Å². The Bertz CT molecular complexity index is 281. The fourth-order valence-corrected chi connectivity index (χ4v) is 3.07. The minimum Gasteiger partial charge on any atom is -0.356 e. The first-order valence-corrected chi connectivity index (χ1v) is 8.28. The van der Waals surface area contributed by atoms with Crippen LogP contribution >= 0.6 is 0 Å². The second-order valence-corrected chi connectivity index (χ2v) is 6.30. The van der Waals surface area contributed by atoms with Crippen molar-refractivity contribution in [1.82, 2.24) is 10.2 Å². The maximum Gasteiger partial charge on any atom is 0.227 e. The zero-order chi connectivity index (χ0) is 15.0. The fraction of sp³-hybridized carbons (Fsp3) is 0.938. The van der Waals surface area contributed by atoms with Gasteiger partial charge in [-0.3, -0.25) is 4.79 Å².